The fourth-order valence-corrected chi connectivity index (χ4v) is 3.28. The van der Waals surface area contributed by atoms with Crippen molar-refractivity contribution < 1.29 is 0 Å². The van der Waals surface area contributed by atoms with Gasteiger partial charge in [0, 0.05) is 32.7 Å². The molecular formula is C19H38IN7. The van der Waals surface area contributed by atoms with E-state index in [9.17, 15) is 0 Å². The fourth-order valence-electron chi connectivity index (χ4n) is 3.28. The van der Waals surface area contributed by atoms with E-state index in [-0.39, 0.29) is 24.0 Å². The van der Waals surface area contributed by atoms with Crippen LogP contribution in [-0.2, 0) is 13.6 Å². The number of halogens is 1. The Kier molecular flexibility index (Phi) is 11.9. The molecule has 0 radical (unpaired) electrons. The minimum absolute atomic E-state index is 0. The highest BCUT2D eigenvalue weighted by molar-refractivity contribution is 14.0. The molecule has 0 aromatic carbocycles. The van der Waals surface area contributed by atoms with E-state index in [1.165, 1.54) is 38.8 Å². The summed E-state index contributed by atoms with van der Waals surface area (Å²) in [6, 6.07) is 0.735. The zero-order valence-electron chi connectivity index (χ0n) is 17.5. The van der Waals surface area contributed by atoms with E-state index in [4.69, 9.17) is 4.99 Å². The lowest BCUT2D eigenvalue weighted by molar-refractivity contribution is 0.159. The lowest BCUT2D eigenvalue weighted by Crippen LogP contribution is -2.41. The van der Waals surface area contributed by atoms with Crippen LogP contribution < -0.4 is 10.6 Å². The first-order valence-corrected chi connectivity index (χ1v) is 10.2. The third-order valence-electron chi connectivity index (χ3n) is 5.24. The molecule has 2 heterocycles. The number of hydrogen-bond donors (Lipinski definition) is 2. The highest BCUT2D eigenvalue weighted by atomic mass is 127. The van der Waals surface area contributed by atoms with Crippen LogP contribution >= 0.6 is 24.0 Å². The Morgan fingerprint density at radius 3 is 2.56 bits per heavy atom. The maximum atomic E-state index is 4.70. The van der Waals surface area contributed by atoms with Gasteiger partial charge in [0.05, 0.1) is 0 Å². The lowest BCUT2D eigenvalue weighted by Gasteiger charge is -2.33. The first kappa shape index (κ1) is 24.1. The minimum Gasteiger partial charge on any atom is -0.356 e. The van der Waals surface area contributed by atoms with Crippen molar-refractivity contribution in [1.29, 1.82) is 0 Å². The number of aliphatic imine (C=N–C) groups is 1. The number of rotatable bonds is 9. The van der Waals surface area contributed by atoms with Gasteiger partial charge >= 0.3 is 0 Å². The number of nitrogens with zero attached hydrogens (tertiary/aromatic N) is 5. The van der Waals surface area contributed by atoms with E-state index < -0.39 is 0 Å². The average Bonchev–Trinajstić information content (AvgIpc) is 2.96. The van der Waals surface area contributed by atoms with Gasteiger partial charge in [0.25, 0.3) is 0 Å². The topological polar surface area (TPSA) is 70.4 Å². The molecule has 1 aromatic heterocycles. The van der Waals surface area contributed by atoms with Crippen molar-refractivity contribution in [3.63, 3.8) is 0 Å². The molecule has 2 rings (SSSR count). The van der Waals surface area contributed by atoms with Gasteiger partial charge in [-0.15, -0.1) is 34.2 Å². The summed E-state index contributed by atoms with van der Waals surface area (Å²) in [5, 5.41) is 15.2. The molecular weight excluding hydrogens is 453 g/mol. The summed E-state index contributed by atoms with van der Waals surface area (Å²) in [5.41, 5.74) is 0. The van der Waals surface area contributed by atoms with Crippen LogP contribution in [0.25, 0.3) is 0 Å². The molecule has 156 valence electrons. The number of aromatic nitrogens is 3. The van der Waals surface area contributed by atoms with Gasteiger partial charge in [-0.25, -0.2) is 4.99 Å². The molecule has 2 N–H and O–H groups in total. The normalized spacial score (nSPS) is 18.2. The first-order chi connectivity index (χ1) is 12.6. The molecule has 1 aromatic rings. The predicted molar refractivity (Wildman–Crippen MR) is 123 cm³/mol. The molecule has 27 heavy (non-hydrogen) atoms. The molecule has 1 unspecified atom stereocenters. The zero-order valence-corrected chi connectivity index (χ0v) is 19.8. The summed E-state index contributed by atoms with van der Waals surface area (Å²) >= 11 is 0. The molecule has 0 amide bonds. The highest BCUT2D eigenvalue weighted by Crippen LogP contribution is 2.16. The molecule has 1 fully saturated rings. The van der Waals surface area contributed by atoms with E-state index in [0.29, 0.717) is 6.54 Å². The Bertz CT molecular complexity index is 558. The second kappa shape index (κ2) is 13.3. The first-order valence-electron chi connectivity index (χ1n) is 10.2. The van der Waals surface area contributed by atoms with Gasteiger partial charge in [-0.2, -0.15) is 0 Å². The Morgan fingerprint density at radius 2 is 1.93 bits per heavy atom. The molecule has 1 aliphatic rings. The second-order valence-electron chi connectivity index (χ2n) is 7.33. The zero-order chi connectivity index (χ0) is 18.8. The number of nitrogens with one attached hydrogen (secondary N) is 2. The molecule has 1 saturated heterocycles. The summed E-state index contributed by atoms with van der Waals surface area (Å²) in [7, 11) is 1.98. The van der Waals surface area contributed by atoms with Crippen LogP contribution in [0.4, 0.5) is 0 Å². The minimum atomic E-state index is 0. The Hall–Kier alpha value is -0.900. The van der Waals surface area contributed by atoms with E-state index in [2.05, 4.69) is 39.6 Å². The van der Waals surface area contributed by atoms with Gasteiger partial charge < -0.3 is 20.1 Å². The largest absolute Gasteiger partial charge is 0.356 e. The maximum Gasteiger partial charge on any atom is 0.191 e. The number of piperidine rings is 1. The van der Waals surface area contributed by atoms with Crippen LogP contribution in [0, 0.1) is 6.92 Å². The molecule has 8 heteroatoms. The van der Waals surface area contributed by atoms with Crippen molar-refractivity contribution >= 4 is 29.9 Å². The Labute approximate surface area is 181 Å². The number of hydrogen-bond acceptors (Lipinski definition) is 4. The second-order valence-corrected chi connectivity index (χ2v) is 7.33. The highest BCUT2D eigenvalue weighted by Gasteiger charge is 2.17. The summed E-state index contributed by atoms with van der Waals surface area (Å²) in [5.74, 6) is 2.69. The molecule has 0 saturated carbocycles. The van der Waals surface area contributed by atoms with Crippen LogP contribution in [0.1, 0.15) is 64.0 Å². The van der Waals surface area contributed by atoms with E-state index in [1.807, 2.05) is 18.5 Å². The third kappa shape index (κ3) is 8.33. The number of guanidine groups is 1. The molecule has 0 spiro atoms. The van der Waals surface area contributed by atoms with Gasteiger partial charge in [-0.05, 0) is 46.1 Å². The van der Waals surface area contributed by atoms with E-state index in [0.717, 1.165) is 49.6 Å². The summed E-state index contributed by atoms with van der Waals surface area (Å²) < 4.78 is 1.99. The van der Waals surface area contributed by atoms with Crippen LogP contribution in [0.3, 0.4) is 0 Å². The Morgan fingerprint density at radius 1 is 1.19 bits per heavy atom. The Balaban J connectivity index is 0.00000364. The van der Waals surface area contributed by atoms with Gasteiger partial charge in [0.15, 0.2) is 11.8 Å². The van der Waals surface area contributed by atoms with Crippen molar-refractivity contribution in [2.45, 2.75) is 71.9 Å². The van der Waals surface area contributed by atoms with Crippen LogP contribution in [0.5, 0.6) is 0 Å². The van der Waals surface area contributed by atoms with Crippen molar-refractivity contribution in [1.82, 2.24) is 30.3 Å². The number of aryl methyl sites for hydroxylation is 1. The molecule has 0 aliphatic carbocycles. The third-order valence-corrected chi connectivity index (χ3v) is 5.24. The molecule has 7 nitrogen and oxygen atoms in total. The summed E-state index contributed by atoms with van der Waals surface area (Å²) in [6.45, 7) is 11.4. The molecule has 0 bridgehead atoms. The van der Waals surface area contributed by atoms with Crippen molar-refractivity contribution in [2.24, 2.45) is 12.0 Å². The van der Waals surface area contributed by atoms with Crippen LogP contribution in [-0.4, -0.2) is 57.8 Å². The van der Waals surface area contributed by atoms with Gasteiger partial charge in [-0.1, -0.05) is 19.8 Å². The SMILES string of the molecule is CCCCNC(=NCc1nnc(C)n1C)NCCCN1CCCCC1C.I. The van der Waals surface area contributed by atoms with Crippen LogP contribution in [0.15, 0.2) is 4.99 Å². The maximum absolute atomic E-state index is 4.70. The van der Waals surface area contributed by atoms with Crippen LogP contribution in [0.2, 0.25) is 0 Å². The fraction of sp³-hybridized carbons (Fsp3) is 0.842. The summed E-state index contributed by atoms with van der Waals surface area (Å²) in [6.07, 6.45) is 7.54. The quantitative estimate of drug-likeness (QED) is 0.241. The van der Waals surface area contributed by atoms with Crippen molar-refractivity contribution in [3.05, 3.63) is 11.6 Å². The van der Waals surface area contributed by atoms with E-state index in [1.54, 1.807) is 0 Å². The number of unbranched alkanes of at least 4 members (excludes halogenated alkanes) is 1. The van der Waals surface area contributed by atoms with Gasteiger partial charge in [0.1, 0.15) is 12.4 Å². The smallest absolute Gasteiger partial charge is 0.191 e. The molecule has 1 atom stereocenters. The van der Waals surface area contributed by atoms with E-state index >= 15 is 0 Å². The van der Waals surface area contributed by atoms with Gasteiger partial charge in [-0.3, -0.25) is 0 Å². The predicted octanol–water partition coefficient (Wildman–Crippen LogP) is 2.84. The monoisotopic (exact) mass is 491 g/mol. The lowest BCUT2D eigenvalue weighted by atomic mass is 10.0. The standard InChI is InChI=1S/C19H37N7.HI/c1-5-6-11-20-19(22-15-18-24-23-17(3)25(18)4)21-12-9-14-26-13-8-7-10-16(26)2;/h16H,5-15H2,1-4H3,(H2,20,21,22);1H. The summed E-state index contributed by atoms with van der Waals surface area (Å²) in [4.78, 5) is 7.32. The van der Waals surface area contributed by atoms with Crippen molar-refractivity contribution in [3.8, 4) is 0 Å². The molecule has 1 aliphatic heterocycles. The average molecular weight is 491 g/mol. The van der Waals surface area contributed by atoms with Gasteiger partial charge in [0.2, 0.25) is 0 Å². The van der Waals surface area contributed by atoms with Crippen molar-refractivity contribution in [2.75, 3.05) is 26.2 Å². The number of likely N-dealkylation sites (tertiary alicyclic amines) is 1.